The van der Waals surface area contributed by atoms with Gasteiger partial charge in [0.25, 0.3) is 0 Å². The van der Waals surface area contributed by atoms with Gasteiger partial charge in [0.2, 0.25) is 0 Å². The van der Waals surface area contributed by atoms with Gasteiger partial charge in [-0.15, -0.1) is 0 Å². The first-order valence-corrected chi connectivity index (χ1v) is 7.21. The summed E-state index contributed by atoms with van der Waals surface area (Å²) in [5.41, 5.74) is 8.30. The number of β-amino-alcohol motifs (C(OH)–C–C–N with tert-alkyl or cyclic N) is 1. The van der Waals surface area contributed by atoms with E-state index in [0.717, 1.165) is 19.4 Å². The Labute approximate surface area is 116 Å². The van der Waals surface area contributed by atoms with Crippen molar-refractivity contribution in [2.45, 2.75) is 51.3 Å². The first-order chi connectivity index (χ1) is 8.93. The van der Waals surface area contributed by atoms with Crippen LogP contribution in [0.15, 0.2) is 24.3 Å². The van der Waals surface area contributed by atoms with Crippen molar-refractivity contribution in [3.05, 3.63) is 35.4 Å². The predicted molar refractivity (Wildman–Crippen MR) is 79.0 cm³/mol. The molecule has 0 radical (unpaired) electrons. The highest BCUT2D eigenvalue weighted by Crippen LogP contribution is 2.32. The van der Waals surface area contributed by atoms with E-state index in [1.165, 1.54) is 11.1 Å². The normalized spacial score (nSPS) is 27.4. The van der Waals surface area contributed by atoms with Crippen molar-refractivity contribution < 1.29 is 5.11 Å². The van der Waals surface area contributed by atoms with Crippen molar-refractivity contribution in [2.75, 3.05) is 13.1 Å². The highest BCUT2D eigenvalue weighted by molar-refractivity contribution is 5.26. The standard InChI is InChI=1S/C16H26N2O/c1-4-14(17)15(13-7-5-6-12(2)10-13)18-9-8-16(3,19)11-18/h5-7,10,14-15,19H,4,8-9,11,17H2,1-3H3. The van der Waals surface area contributed by atoms with Crippen molar-refractivity contribution >= 4 is 0 Å². The number of nitrogens with zero attached hydrogens (tertiary/aromatic N) is 1. The number of hydrogen-bond donors (Lipinski definition) is 2. The monoisotopic (exact) mass is 262 g/mol. The largest absolute Gasteiger partial charge is 0.389 e. The van der Waals surface area contributed by atoms with E-state index in [2.05, 4.69) is 43.0 Å². The molecule has 0 amide bonds. The van der Waals surface area contributed by atoms with Crippen molar-refractivity contribution in [3.8, 4) is 0 Å². The average molecular weight is 262 g/mol. The summed E-state index contributed by atoms with van der Waals surface area (Å²) in [6.07, 6.45) is 1.77. The molecule has 1 aliphatic heterocycles. The maximum absolute atomic E-state index is 10.2. The molecule has 1 aromatic rings. The van der Waals surface area contributed by atoms with Crippen molar-refractivity contribution in [3.63, 3.8) is 0 Å². The Bertz CT molecular complexity index is 431. The number of aryl methyl sites for hydroxylation is 1. The molecule has 1 aliphatic rings. The minimum Gasteiger partial charge on any atom is -0.389 e. The number of nitrogens with two attached hydrogens (primary N) is 1. The van der Waals surface area contributed by atoms with Crippen molar-refractivity contribution in [1.29, 1.82) is 0 Å². The van der Waals surface area contributed by atoms with E-state index in [-0.39, 0.29) is 12.1 Å². The van der Waals surface area contributed by atoms with Gasteiger partial charge in [-0.1, -0.05) is 36.8 Å². The Balaban J connectivity index is 2.27. The lowest BCUT2D eigenvalue weighted by molar-refractivity contribution is 0.0593. The quantitative estimate of drug-likeness (QED) is 0.875. The molecule has 0 aliphatic carbocycles. The summed E-state index contributed by atoms with van der Waals surface area (Å²) in [6.45, 7) is 7.77. The Morgan fingerprint density at radius 2 is 2.21 bits per heavy atom. The summed E-state index contributed by atoms with van der Waals surface area (Å²) in [7, 11) is 0. The van der Waals surface area contributed by atoms with Crippen LogP contribution >= 0.6 is 0 Å². The topological polar surface area (TPSA) is 49.5 Å². The van der Waals surface area contributed by atoms with E-state index >= 15 is 0 Å². The molecule has 106 valence electrons. The predicted octanol–water partition coefficient (Wildman–Crippen LogP) is 2.23. The molecule has 0 bridgehead atoms. The second kappa shape index (κ2) is 5.61. The van der Waals surface area contributed by atoms with E-state index in [1.807, 2.05) is 6.92 Å². The van der Waals surface area contributed by atoms with Crippen LogP contribution in [0.1, 0.15) is 43.9 Å². The van der Waals surface area contributed by atoms with Crippen LogP contribution in [-0.2, 0) is 0 Å². The van der Waals surface area contributed by atoms with E-state index in [1.54, 1.807) is 0 Å². The van der Waals surface area contributed by atoms with Gasteiger partial charge in [0.05, 0.1) is 5.60 Å². The number of benzene rings is 1. The number of likely N-dealkylation sites (tertiary alicyclic amines) is 1. The zero-order chi connectivity index (χ0) is 14.0. The molecule has 1 aromatic carbocycles. The average Bonchev–Trinajstić information content (AvgIpc) is 2.69. The smallest absolute Gasteiger partial charge is 0.0758 e. The highest BCUT2D eigenvalue weighted by Gasteiger charge is 2.37. The fourth-order valence-corrected chi connectivity index (χ4v) is 3.02. The summed E-state index contributed by atoms with van der Waals surface area (Å²) in [5, 5.41) is 10.2. The summed E-state index contributed by atoms with van der Waals surface area (Å²) in [5.74, 6) is 0. The maximum atomic E-state index is 10.2. The van der Waals surface area contributed by atoms with E-state index in [4.69, 9.17) is 5.73 Å². The summed E-state index contributed by atoms with van der Waals surface area (Å²) in [4.78, 5) is 2.34. The first-order valence-electron chi connectivity index (χ1n) is 7.21. The summed E-state index contributed by atoms with van der Waals surface area (Å²) in [6, 6.07) is 8.88. The lowest BCUT2D eigenvalue weighted by Gasteiger charge is -2.33. The fourth-order valence-electron chi connectivity index (χ4n) is 3.02. The number of hydrogen-bond acceptors (Lipinski definition) is 3. The van der Waals surface area contributed by atoms with Crippen LogP contribution in [0.2, 0.25) is 0 Å². The van der Waals surface area contributed by atoms with E-state index in [0.29, 0.717) is 6.54 Å². The second-order valence-corrected chi connectivity index (χ2v) is 6.15. The second-order valence-electron chi connectivity index (χ2n) is 6.15. The third kappa shape index (κ3) is 3.35. The zero-order valence-electron chi connectivity index (χ0n) is 12.3. The molecule has 19 heavy (non-hydrogen) atoms. The van der Waals surface area contributed by atoms with Gasteiger partial charge in [-0.2, -0.15) is 0 Å². The van der Waals surface area contributed by atoms with Gasteiger partial charge in [-0.05, 0) is 32.3 Å². The molecule has 1 saturated heterocycles. The first kappa shape index (κ1) is 14.5. The molecule has 3 atom stereocenters. The Kier molecular flexibility index (Phi) is 4.29. The Morgan fingerprint density at radius 1 is 1.47 bits per heavy atom. The van der Waals surface area contributed by atoms with Crippen LogP contribution in [-0.4, -0.2) is 34.7 Å². The van der Waals surface area contributed by atoms with E-state index in [9.17, 15) is 5.11 Å². The van der Waals surface area contributed by atoms with Crippen LogP contribution in [0.25, 0.3) is 0 Å². The highest BCUT2D eigenvalue weighted by atomic mass is 16.3. The molecule has 0 saturated carbocycles. The molecular weight excluding hydrogens is 236 g/mol. The van der Waals surface area contributed by atoms with Crippen molar-refractivity contribution in [2.24, 2.45) is 5.73 Å². The van der Waals surface area contributed by atoms with Gasteiger partial charge in [-0.25, -0.2) is 0 Å². The molecule has 3 nitrogen and oxygen atoms in total. The third-order valence-corrected chi connectivity index (χ3v) is 4.14. The number of rotatable bonds is 4. The molecular formula is C16H26N2O. The molecule has 3 N–H and O–H groups in total. The molecule has 1 heterocycles. The van der Waals surface area contributed by atoms with Gasteiger partial charge in [0.1, 0.15) is 0 Å². The zero-order valence-corrected chi connectivity index (χ0v) is 12.3. The van der Waals surface area contributed by atoms with Crippen LogP contribution in [0.5, 0.6) is 0 Å². The molecule has 0 spiro atoms. The van der Waals surface area contributed by atoms with E-state index < -0.39 is 5.60 Å². The third-order valence-electron chi connectivity index (χ3n) is 4.14. The van der Waals surface area contributed by atoms with Crippen LogP contribution in [0.3, 0.4) is 0 Å². The molecule has 1 fully saturated rings. The fraction of sp³-hybridized carbons (Fsp3) is 0.625. The molecule has 2 rings (SSSR count). The lowest BCUT2D eigenvalue weighted by atomic mass is 9.95. The Hall–Kier alpha value is -0.900. The van der Waals surface area contributed by atoms with Gasteiger partial charge < -0.3 is 10.8 Å². The molecule has 3 unspecified atom stereocenters. The minimum atomic E-state index is -0.574. The van der Waals surface area contributed by atoms with Crippen LogP contribution < -0.4 is 5.73 Å². The Morgan fingerprint density at radius 3 is 2.74 bits per heavy atom. The van der Waals surface area contributed by atoms with Gasteiger partial charge >= 0.3 is 0 Å². The SMILES string of the molecule is CCC(N)C(c1cccc(C)c1)N1CCC(C)(O)C1. The molecule has 0 aromatic heterocycles. The number of aliphatic hydroxyl groups is 1. The van der Waals surface area contributed by atoms with Gasteiger partial charge in [-0.3, -0.25) is 4.90 Å². The van der Waals surface area contributed by atoms with Gasteiger partial charge in [0, 0.05) is 25.2 Å². The molecule has 3 heteroatoms. The minimum absolute atomic E-state index is 0.107. The summed E-state index contributed by atoms with van der Waals surface area (Å²) >= 11 is 0. The van der Waals surface area contributed by atoms with Crippen LogP contribution in [0, 0.1) is 6.92 Å². The van der Waals surface area contributed by atoms with Crippen LogP contribution in [0.4, 0.5) is 0 Å². The lowest BCUT2D eigenvalue weighted by Crippen LogP contribution is -2.41. The van der Waals surface area contributed by atoms with Gasteiger partial charge in [0.15, 0.2) is 0 Å². The maximum Gasteiger partial charge on any atom is 0.0758 e. The van der Waals surface area contributed by atoms with Crippen molar-refractivity contribution in [1.82, 2.24) is 4.90 Å². The summed E-state index contributed by atoms with van der Waals surface area (Å²) < 4.78 is 0.